The Morgan fingerprint density at radius 2 is 2.00 bits per heavy atom. The number of carbonyl (C=O) groups excluding carboxylic acids is 1. The molecule has 5 nitrogen and oxygen atoms in total. The first-order valence-corrected chi connectivity index (χ1v) is 7.84. The Hall–Kier alpha value is -1.63. The number of halogens is 2. The number of nitrogens with one attached hydrogen (secondary N) is 1. The van der Waals surface area contributed by atoms with Crippen molar-refractivity contribution in [3.63, 3.8) is 0 Å². The fourth-order valence-electron chi connectivity index (χ4n) is 2.59. The van der Waals surface area contributed by atoms with Crippen LogP contribution in [0.5, 0.6) is 5.75 Å². The molecule has 0 heterocycles. The number of benzene rings is 1. The molecule has 0 aromatic heterocycles. The Bertz CT molecular complexity index is 573. The van der Waals surface area contributed by atoms with Crippen molar-refractivity contribution in [1.29, 1.82) is 0 Å². The maximum atomic E-state index is 13.0. The molecule has 0 aliphatic heterocycles. The van der Waals surface area contributed by atoms with Gasteiger partial charge in [0, 0.05) is 0 Å². The first-order valence-electron chi connectivity index (χ1n) is 7.05. The predicted molar refractivity (Wildman–Crippen MR) is 81.2 cm³/mol. The monoisotopic (exact) mass is 373 g/mol. The van der Waals surface area contributed by atoms with Crippen LogP contribution >= 0.6 is 15.9 Å². The van der Waals surface area contributed by atoms with Gasteiger partial charge in [-0.2, -0.15) is 0 Å². The van der Waals surface area contributed by atoms with E-state index in [1.54, 1.807) is 0 Å². The summed E-state index contributed by atoms with van der Waals surface area (Å²) in [5.74, 6) is -1.61. The van der Waals surface area contributed by atoms with Crippen molar-refractivity contribution in [3.05, 3.63) is 28.5 Å². The van der Waals surface area contributed by atoms with Gasteiger partial charge in [0.15, 0.2) is 6.61 Å². The smallest absolute Gasteiger partial charge is 0.329 e. The van der Waals surface area contributed by atoms with Crippen molar-refractivity contribution in [2.24, 2.45) is 0 Å². The van der Waals surface area contributed by atoms with E-state index in [1.807, 2.05) is 0 Å². The summed E-state index contributed by atoms with van der Waals surface area (Å²) >= 11 is 3.14. The largest absolute Gasteiger partial charge is 0.483 e. The zero-order chi connectivity index (χ0) is 16.2. The molecule has 22 heavy (non-hydrogen) atoms. The molecule has 1 aromatic carbocycles. The summed E-state index contributed by atoms with van der Waals surface area (Å²) < 4.78 is 18.7. The van der Waals surface area contributed by atoms with Crippen molar-refractivity contribution in [2.75, 3.05) is 6.61 Å². The molecule has 0 bridgehead atoms. The highest BCUT2D eigenvalue weighted by Gasteiger charge is 2.40. The van der Waals surface area contributed by atoms with E-state index < -0.39 is 23.2 Å². The zero-order valence-electron chi connectivity index (χ0n) is 11.9. The maximum absolute atomic E-state index is 13.0. The van der Waals surface area contributed by atoms with Crippen LogP contribution in [0.2, 0.25) is 0 Å². The van der Waals surface area contributed by atoms with Gasteiger partial charge in [0.05, 0.1) is 4.47 Å². The van der Waals surface area contributed by atoms with Crippen molar-refractivity contribution < 1.29 is 23.8 Å². The van der Waals surface area contributed by atoms with Crippen molar-refractivity contribution in [1.82, 2.24) is 5.32 Å². The molecular formula is C15H17BrFNO4. The minimum absolute atomic E-state index is 0.320. The summed E-state index contributed by atoms with van der Waals surface area (Å²) in [6, 6.07) is 3.85. The Balaban J connectivity index is 1.95. The van der Waals surface area contributed by atoms with Gasteiger partial charge in [0.2, 0.25) is 0 Å². The van der Waals surface area contributed by atoms with Crippen molar-refractivity contribution in [3.8, 4) is 5.75 Å². The van der Waals surface area contributed by atoms with E-state index >= 15 is 0 Å². The lowest BCUT2D eigenvalue weighted by Crippen LogP contribution is -2.56. The van der Waals surface area contributed by atoms with Crippen molar-refractivity contribution >= 4 is 27.8 Å². The van der Waals surface area contributed by atoms with E-state index in [-0.39, 0.29) is 6.61 Å². The number of ether oxygens (including phenoxy) is 1. The third-order valence-electron chi connectivity index (χ3n) is 3.75. The minimum atomic E-state index is -1.20. The predicted octanol–water partition coefficient (Wildman–Crippen LogP) is 2.87. The summed E-state index contributed by atoms with van der Waals surface area (Å²) in [5.41, 5.74) is -1.20. The van der Waals surface area contributed by atoms with Crippen LogP contribution < -0.4 is 10.1 Å². The third-order valence-corrected chi connectivity index (χ3v) is 4.37. The molecule has 2 N–H and O–H groups in total. The normalized spacial score (nSPS) is 16.8. The van der Waals surface area contributed by atoms with E-state index in [4.69, 9.17) is 4.74 Å². The van der Waals surface area contributed by atoms with Gasteiger partial charge in [0.25, 0.3) is 5.91 Å². The molecule has 1 aromatic rings. The summed E-state index contributed by atoms with van der Waals surface area (Å²) in [6.45, 7) is -0.320. The zero-order valence-corrected chi connectivity index (χ0v) is 13.5. The number of amides is 1. The van der Waals surface area contributed by atoms with Gasteiger partial charge in [-0.1, -0.05) is 19.3 Å². The number of aliphatic carboxylic acids is 1. The Labute approximate surface area is 136 Å². The molecule has 1 amide bonds. The molecule has 1 fully saturated rings. The number of carbonyl (C=O) groups is 2. The number of hydrogen-bond donors (Lipinski definition) is 2. The average molecular weight is 374 g/mol. The van der Waals surface area contributed by atoms with Gasteiger partial charge >= 0.3 is 5.97 Å². The molecule has 1 saturated carbocycles. The SMILES string of the molecule is O=C(COc1ccc(F)cc1Br)NC1(C(=O)O)CCCCC1. The Kier molecular flexibility index (Phi) is 5.39. The van der Waals surface area contributed by atoms with E-state index in [0.717, 1.165) is 19.3 Å². The van der Waals surface area contributed by atoms with Gasteiger partial charge in [-0.3, -0.25) is 4.79 Å². The second kappa shape index (κ2) is 7.09. The fourth-order valence-corrected chi connectivity index (χ4v) is 3.05. The quantitative estimate of drug-likeness (QED) is 0.831. The third kappa shape index (κ3) is 3.97. The molecule has 0 atom stereocenters. The standard InChI is InChI=1S/C15H17BrFNO4/c16-11-8-10(17)4-5-12(11)22-9-13(19)18-15(14(20)21)6-2-1-3-7-15/h4-5,8H,1-3,6-7,9H2,(H,18,19)(H,20,21). The number of rotatable bonds is 5. The van der Waals surface area contributed by atoms with Gasteiger partial charge in [-0.25, -0.2) is 9.18 Å². The molecule has 0 unspecified atom stereocenters. The first kappa shape index (κ1) is 16.7. The lowest BCUT2D eigenvalue weighted by molar-refractivity contribution is -0.149. The lowest BCUT2D eigenvalue weighted by Gasteiger charge is -2.33. The van der Waals surface area contributed by atoms with Gasteiger partial charge in [-0.05, 0) is 47.0 Å². The lowest BCUT2D eigenvalue weighted by atomic mass is 9.81. The highest BCUT2D eigenvalue weighted by Crippen LogP contribution is 2.29. The highest BCUT2D eigenvalue weighted by atomic mass is 79.9. The van der Waals surface area contributed by atoms with Crippen LogP contribution in [0.3, 0.4) is 0 Å². The Morgan fingerprint density at radius 1 is 1.32 bits per heavy atom. The molecule has 0 saturated heterocycles. The second-order valence-corrected chi connectivity index (χ2v) is 6.21. The van der Waals surface area contributed by atoms with Gasteiger partial charge < -0.3 is 15.2 Å². The minimum Gasteiger partial charge on any atom is -0.483 e. The van der Waals surface area contributed by atoms with Crippen LogP contribution in [0, 0.1) is 5.82 Å². The Morgan fingerprint density at radius 3 is 2.59 bits per heavy atom. The van der Waals surface area contributed by atoms with Crippen LogP contribution in [-0.4, -0.2) is 29.1 Å². The summed E-state index contributed by atoms with van der Waals surface area (Å²) in [6.07, 6.45) is 3.38. The van der Waals surface area contributed by atoms with E-state index in [1.165, 1.54) is 18.2 Å². The number of hydrogen-bond acceptors (Lipinski definition) is 3. The summed E-state index contributed by atoms with van der Waals surface area (Å²) in [4.78, 5) is 23.5. The topological polar surface area (TPSA) is 75.6 Å². The van der Waals surface area contributed by atoms with Crippen LogP contribution in [-0.2, 0) is 9.59 Å². The van der Waals surface area contributed by atoms with E-state index in [2.05, 4.69) is 21.2 Å². The van der Waals surface area contributed by atoms with E-state index in [0.29, 0.717) is 23.1 Å². The molecule has 1 aliphatic carbocycles. The average Bonchev–Trinajstić information content (AvgIpc) is 2.47. The van der Waals surface area contributed by atoms with E-state index in [9.17, 15) is 19.1 Å². The molecule has 120 valence electrons. The highest BCUT2D eigenvalue weighted by molar-refractivity contribution is 9.10. The van der Waals surface area contributed by atoms with Crippen LogP contribution in [0.4, 0.5) is 4.39 Å². The molecule has 0 spiro atoms. The first-order chi connectivity index (χ1) is 10.4. The molecule has 7 heteroatoms. The molecule has 1 aliphatic rings. The molecule has 0 radical (unpaired) electrons. The summed E-state index contributed by atoms with van der Waals surface area (Å²) in [7, 11) is 0. The number of carboxylic acid groups (broad SMARTS) is 1. The maximum Gasteiger partial charge on any atom is 0.329 e. The number of carboxylic acids is 1. The fraction of sp³-hybridized carbons (Fsp3) is 0.467. The van der Waals surface area contributed by atoms with Crippen LogP contribution in [0.25, 0.3) is 0 Å². The van der Waals surface area contributed by atoms with Crippen LogP contribution in [0.1, 0.15) is 32.1 Å². The van der Waals surface area contributed by atoms with Gasteiger partial charge in [0.1, 0.15) is 17.1 Å². The van der Waals surface area contributed by atoms with Gasteiger partial charge in [-0.15, -0.1) is 0 Å². The van der Waals surface area contributed by atoms with Crippen molar-refractivity contribution in [2.45, 2.75) is 37.6 Å². The second-order valence-electron chi connectivity index (χ2n) is 5.36. The van der Waals surface area contributed by atoms with Crippen LogP contribution in [0.15, 0.2) is 22.7 Å². The molecular weight excluding hydrogens is 357 g/mol. The summed E-state index contributed by atoms with van der Waals surface area (Å²) in [5, 5.41) is 12.0. The molecule has 2 rings (SSSR count).